The first-order valence-electron chi connectivity index (χ1n) is 10.4. The summed E-state index contributed by atoms with van der Waals surface area (Å²) < 4.78 is 3.61. The Morgan fingerprint density at radius 3 is 2.65 bits per heavy atom. The van der Waals surface area contributed by atoms with E-state index >= 15 is 0 Å². The first-order chi connectivity index (χ1) is 15.0. The third kappa shape index (κ3) is 4.09. The number of carbonyl (C=O) groups is 1. The molecule has 4 aromatic rings. The SMILES string of the molecule is CN1CCC(n2cc(C(=O)Cc3cc4cc(-c5cnn(C)c5)ccc4nn3)nn2)CC1. The summed E-state index contributed by atoms with van der Waals surface area (Å²) in [5, 5.41) is 22.0. The summed E-state index contributed by atoms with van der Waals surface area (Å²) in [7, 11) is 4.01. The number of likely N-dealkylation sites (tertiary alicyclic amines) is 1. The Morgan fingerprint density at radius 1 is 1.03 bits per heavy atom. The number of fused-ring (bicyclic) bond motifs is 1. The van der Waals surface area contributed by atoms with Gasteiger partial charge in [0.25, 0.3) is 0 Å². The maximum Gasteiger partial charge on any atom is 0.190 e. The average Bonchev–Trinajstić information content (AvgIpc) is 3.43. The number of aromatic nitrogens is 7. The average molecular weight is 416 g/mol. The molecular formula is C22H24N8O. The number of aryl methyl sites for hydroxylation is 1. The molecule has 0 amide bonds. The van der Waals surface area contributed by atoms with Crippen LogP contribution in [0.5, 0.6) is 0 Å². The van der Waals surface area contributed by atoms with E-state index in [4.69, 9.17) is 0 Å². The van der Waals surface area contributed by atoms with Gasteiger partial charge in [0.15, 0.2) is 5.78 Å². The predicted octanol–water partition coefficient (Wildman–Crippen LogP) is 2.31. The van der Waals surface area contributed by atoms with Gasteiger partial charge in [0.1, 0.15) is 5.69 Å². The summed E-state index contributed by atoms with van der Waals surface area (Å²) in [5.74, 6) is -0.101. The number of ketones is 1. The summed E-state index contributed by atoms with van der Waals surface area (Å²) >= 11 is 0. The molecule has 0 spiro atoms. The van der Waals surface area contributed by atoms with Crippen LogP contribution < -0.4 is 0 Å². The van der Waals surface area contributed by atoms with Crippen molar-refractivity contribution in [2.75, 3.05) is 20.1 Å². The molecule has 1 fully saturated rings. The van der Waals surface area contributed by atoms with Gasteiger partial charge in [0.2, 0.25) is 0 Å². The van der Waals surface area contributed by atoms with E-state index in [1.54, 1.807) is 10.9 Å². The van der Waals surface area contributed by atoms with Crippen molar-refractivity contribution in [2.45, 2.75) is 25.3 Å². The third-order valence-electron chi connectivity index (χ3n) is 5.87. The van der Waals surface area contributed by atoms with Gasteiger partial charge in [0.05, 0.1) is 36.1 Å². The molecule has 0 aliphatic carbocycles. The molecule has 9 heteroatoms. The second-order valence-electron chi connectivity index (χ2n) is 8.23. The first-order valence-corrected chi connectivity index (χ1v) is 10.4. The fraction of sp³-hybridized carbons (Fsp3) is 0.364. The van der Waals surface area contributed by atoms with E-state index in [1.165, 1.54) is 0 Å². The molecule has 0 N–H and O–H groups in total. The first kappa shape index (κ1) is 19.5. The Labute approximate surface area is 179 Å². The van der Waals surface area contributed by atoms with Crippen molar-refractivity contribution in [1.29, 1.82) is 0 Å². The van der Waals surface area contributed by atoms with Crippen molar-refractivity contribution in [3.63, 3.8) is 0 Å². The standard InChI is InChI=1S/C22H24N8O/c1-28-7-5-19(6-8-28)30-14-21(26-27-30)22(31)11-18-10-16-9-15(3-4-20(16)25-24-18)17-12-23-29(2)13-17/h3-4,9-10,12-14,19H,5-8,11H2,1-2H3. The minimum Gasteiger partial charge on any atom is -0.306 e. The van der Waals surface area contributed by atoms with Gasteiger partial charge in [-0.15, -0.1) is 5.10 Å². The van der Waals surface area contributed by atoms with E-state index in [0.717, 1.165) is 48.0 Å². The zero-order valence-electron chi connectivity index (χ0n) is 17.6. The molecule has 31 heavy (non-hydrogen) atoms. The molecular weight excluding hydrogens is 392 g/mol. The highest BCUT2D eigenvalue weighted by Gasteiger charge is 2.21. The molecule has 0 atom stereocenters. The number of hydrogen-bond donors (Lipinski definition) is 0. The summed E-state index contributed by atoms with van der Waals surface area (Å²) in [6.07, 6.45) is 7.74. The monoisotopic (exact) mass is 416 g/mol. The van der Waals surface area contributed by atoms with Crippen LogP contribution in [-0.4, -0.2) is 65.8 Å². The smallest absolute Gasteiger partial charge is 0.190 e. The van der Waals surface area contributed by atoms with Gasteiger partial charge in [-0.2, -0.15) is 15.3 Å². The van der Waals surface area contributed by atoms with Crippen LogP contribution in [0, 0.1) is 0 Å². The Morgan fingerprint density at radius 2 is 1.87 bits per heavy atom. The van der Waals surface area contributed by atoms with Crippen molar-refractivity contribution in [3.05, 3.63) is 54.2 Å². The van der Waals surface area contributed by atoms with Crippen LogP contribution in [0.25, 0.3) is 22.0 Å². The molecule has 158 valence electrons. The topological polar surface area (TPSA) is 94.6 Å². The maximum atomic E-state index is 12.8. The second-order valence-corrected chi connectivity index (χ2v) is 8.23. The summed E-state index contributed by atoms with van der Waals surface area (Å²) in [5.41, 5.74) is 3.87. The van der Waals surface area contributed by atoms with E-state index in [9.17, 15) is 4.79 Å². The van der Waals surface area contributed by atoms with Gasteiger partial charge in [-0.25, -0.2) is 4.68 Å². The van der Waals surface area contributed by atoms with Crippen molar-refractivity contribution in [1.82, 2.24) is 39.9 Å². The molecule has 4 heterocycles. The number of rotatable bonds is 5. The fourth-order valence-electron chi connectivity index (χ4n) is 4.02. The highest BCUT2D eigenvalue weighted by atomic mass is 16.1. The zero-order valence-corrected chi connectivity index (χ0v) is 17.6. The Bertz CT molecular complexity index is 1240. The van der Waals surface area contributed by atoms with Gasteiger partial charge >= 0.3 is 0 Å². The lowest BCUT2D eigenvalue weighted by molar-refractivity contribution is 0.0987. The molecule has 0 unspecified atom stereocenters. The Balaban J connectivity index is 1.33. The van der Waals surface area contributed by atoms with E-state index in [1.807, 2.05) is 48.4 Å². The predicted molar refractivity (Wildman–Crippen MR) is 116 cm³/mol. The molecule has 5 rings (SSSR count). The molecule has 9 nitrogen and oxygen atoms in total. The van der Waals surface area contributed by atoms with Crippen LogP contribution in [-0.2, 0) is 13.5 Å². The van der Waals surface area contributed by atoms with Crippen LogP contribution >= 0.6 is 0 Å². The number of carbonyl (C=O) groups excluding carboxylic acids is 1. The van der Waals surface area contributed by atoms with Crippen LogP contribution in [0.4, 0.5) is 0 Å². The number of piperidine rings is 1. The highest BCUT2D eigenvalue weighted by Crippen LogP contribution is 2.24. The second kappa shape index (κ2) is 7.99. The highest BCUT2D eigenvalue weighted by molar-refractivity contribution is 5.95. The summed E-state index contributed by atoms with van der Waals surface area (Å²) in [4.78, 5) is 15.1. The molecule has 1 aromatic carbocycles. The van der Waals surface area contributed by atoms with Crippen LogP contribution in [0.2, 0.25) is 0 Å². The third-order valence-corrected chi connectivity index (χ3v) is 5.87. The number of nitrogens with zero attached hydrogens (tertiary/aromatic N) is 8. The van der Waals surface area contributed by atoms with Crippen molar-refractivity contribution in [3.8, 4) is 11.1 Å². The summed E-state index contributed by atoms with van der Waals surface area (Å²) in [6, 6.07) is 8.20. The molecule has 0 radical (unpaired) electrons. The minimum atomic E-state index is -0.101. The van der Waals surface area contributed by atoms with Gasteiger partial charge < -0.3 is 4.90 Å². The van der Waals surface area contributed by atoms with Gasteiger partial charge in [-0.05, 0) is 56.7 Å². The van der Waals surface area contributed by atoms with Gasteiger partial charge in [0, 0.05) is 24.2 Å². The lowest BCUT2D eigenvalue weighted by Crippen LogP contribution is -2.31. The number of benzene rings is 1. The maximum absolute atomic E-state index is 12.8. The normalized spacial score (nSPS) is 15.5. The van der Waals surface area contributed by atoms with Crippen molar-refractivity contribution < 1.29 is 4.79 Å². The lowest BCUT2D eigenvalue weighted by atomic mass is 10.1. The molecule has 0 saturated carbocycles. The van der Waals surface area contributed by atoms with E-state index < -0.39 is 0 Å². The largest absolute Gasteiger partial charge is 0.306 e. The van der Waals surface area contributed by atoms with Crippen molar-refractivity contribution >= 4 is 16.7 Å². The molecule has 0 bridgehead atoms. The molecule has 1 aliphatic rings. The fourth-order valence-corrected chi connectivity index (χ4v) is 4.02. The quantitative estimate of drug-likeness (QED) is 0.461. The van der Waals surface area contributed by atoms with E-state index in [2.05, 4.69) is 37.6 Å². The van der Waals surface area contributed by atoms with Crippen LogP contribution in [0.1, 0.15) is 35.1 Å². The van der Waals surface area contributed by atoms with E-state index in [0.29, 0.717) is 17.4 Å². The lowest BCUT2D eigenvalue weighted by Gasteiger charge is -2.28. The Hall–Kier alpha value is -3.46. The van der Waals surface area contributed by atoms with Gasteiger partial charge in [-0.1, -0.05) is 11.3 Å². The molecule has 1 saturated heterocycles. The Kier molecular flexibility index (Phi) is 5.03. The minimum absolute atomic E-state index is 0.101. The van der Waals surface area contributed by atoms with Crippen LogP contribution in [0.3, 0.4) is 0 Å². The summed E-state index contributed by atoms with van der Waals surface area (Å²) in [6.45, 7) is 2.06. The molecule has 3 aromatic heterocycles. The van der Waals surface area contributed by atoms with Gasteiger partial charge in [-0.3, -0.25) is 9.48 Å². The molecule has 1 aliphatic heterocycles. The zero-order chi connectivity index (χ0) is 21.4. The van der Waals surface area contributed by atoms with E-state index in [-0.39, 0.29) is 12.2 Å². The number of hydrogen-bond acceptors (Lipinski definition) is 7. The van der Waals surface area contributed by atoms with Crippen LogP contribution in [0.15, 0.2) is 42.9 Å². The number of Topliss-reactive ketones (excluding diaryl/α,β-unsaturated/α-hetero) is 1. The van der Waals surface area contributed by atoms with Crippen molar-refractivity contribution in [2.24, 2.45) is 7.05 Å².